The molecule has 0 saturated carbocycles. The lowest BCUT2D eigenvalue weighted by Crippen LogP contribution is -2.44. The number of carbonyl (C=O) groups excluding carboxylic acids is 1. The molecule has 6 nitrogen and oxygen atoms in total. The van der Waals surface area contributed by atoms with Crippen molar-refractivity contribution in [3.05, 3.63) is 0 Å². The van der Waals surface area contributed by atoms with E-state index in [1.165, 1.54) is 0 Å². The molecule has 0 aliphatic heterocycles. The first-order chi connectivity index (χ1) is 7.34. The standard InChI is InChI=1S/C10H20N2O4/c1-11(2)8(12(3)4)7-16-10(15)6-5-9(13)14/h8H,5-7H2,1-4H3,(H,13,14). The Hall–Kier alpha value is -1.14. The van der Waals surface area contributed by atoms with Crippen molar-refractivity contribution < 1.29 is 19.4 Å². The maximum absolute atomic E-state index is 11.2. The van der Waals surface area contributed by atoms with Gasteiger partial charge in [-0.25, -0.2) is 0 Å². The fourth-order valence-corrected chi connectivity index (χ4v) is 1.21. The molecule has 0 heterocycles. The molecule has 0 aliphatic carbocycles. The zero-order valence-corrected chi connectivity index (χ0v) is 10.3. The Morgan fingerprint density at radius 3 is 2.00 bits per heavy atom. The van der Waals surface area contributed by atoms with Crippen LogP contribution in [-0.4, -0.2) is 67.8 Å². The number of hydrogen-bond acceptors (Lipinski definition) is 5. The lowest BCUT2D eigenvalue weighted by molar-refractivity contribution is -0.150. The van der Waals surface area contributed by atoms with E-state index in [9.17, 15) is 9.59 Å². The number of carbonyl (C=O) groups is 2. The van der Waals surface area contributed by atoms with E-state index in [0.29, 0.717) is 0 Å². The van der Waals surface area contributed by atoms with Gasteiger partial charge in [0, 0.05) is 0 Å². The minimum atomic E-state index is -0.992. The number of aliphatic carboxylic acids is 1. The van der Waals surface area contributed by atoms with Crippen LogP contribution in [0.3, 0.4) is 0 Å². The number of carboxylic acid groups (broad SMARTS) is 1. The zero-order valence-electron chi connectivity index (χ0n) is 10.3. The van der Waals surface area contributed by atoms with Crippen LogP contribution in [0.2, 0.25) is 0 Å². The van der Waals surface area contributed by atoms with Crippen molar-refractivity contribution >= 4 is 11.9 Å². The summed E-state index contributed by atoms with van der Waals surface area (Å²) >= 11 is 0. The van der Waals surface area contributed by atoms with Crippen molar-refractivity contribution in [1.29, 1.82) is 0 Å². The molecule has 6 heteroatoms. The summed E-state index contributed by atoms with van der Waals surface area (Å²) in [5.74, 6) is -1.47. The third-order valence-corrected chi connectivity index (χ3v) is 2.13. The van der Waals surface area contributed by atoms with Gasteiger partial charge >= 0.3 is 11.9 Å². The molecule has 0 bridgehead atoms. The van der Waals surface area contributed by atoms with E-state index in [1.807, 2.05) is 38.0 Å². The van der Waals surface area contributed by atoms with E-state index >= 15 is 0 Å². The van der Waals surface area contributed by atoms with E-state index < -0.39 is 11.9 Å². The minimum absolute atomic E-state index is 0.00576. The van der Waals surface area contributed by atoms with Gasteiger partial charge in [0.05, 0.1) is 19.0 Å². The fraction of sp³-hybridized carbons (Fsp3) is 0.800. The van der Waals surface area contributed by atoms with Crippen LogP contribution in [0.15, 0.2) is 0 Å². The zero-order chi connectivity index (χ0) is 12.7. The Bertz CT molecular complexity index is 233. The Kier molecular flexibility index (Phi) is 6.67. The van der Waals surface area contributed by atoms with Crippen LogP contribution in [0.1, 0.15) is 12.8 Å². The molecule has 0 aromatic rings. The molecule has 16 heavy (non-hydrogen) atoms. The normalized spacial score (nSPS) is 11.2. The van der Waals surface area contributed by atoms with Gasteiger partial charge < -0.3 is 9.84 Å². The van der Waals surface area contributed by atoms with Gasteiger partial charge in [0.25, 0.3) is 0 Å². The first kappa shape index (κ1) is 14.9. The number of ether oxygens (including phenoxy) is 1. The summed E-state index contributed by atoms with van der Waals surface area (Å²) in [6.45, 7) is 0.235. The highest BCUT2D eigenvalue weighted by atomic mass is 16.5. The van der Waals surface area contributed by atoms with E-state index in [-0.39, 0.29) is 25.6 Å². The van der Waals surface area contributed by atoms with E-state index in [0.717, 1.165) is 0 Å². The molecule has 1 N–H and O–H groups in total. The van der Waals surface area contributed by atoms with E-state index in [1.54, 1.807) is 0 Å². The lowest BCUT2D eigenvalue weighted by atomic mass is 10.3. The molecule has 0 aromatic heterocycles. The Balaban J connectivity index is 3.92. The van der Waals surface area contributed by atoms with Crippen LogP contribution >= 0.6 is 0 Å². The number of carboxylic acids is 1. The Labute approximate surface area is 95.8 Å². The Morgan fingerprint density at radius 1 is 1.12 bits per heavy atom. The van der Waals surface area contributed by atoms with Gasteiger partial charge in [-0.05, 0) is 28.2 Å². The summed E-state index contributed by atoms with van der Waals surface area (Å²) in [5, 5.41) is 8.39. The van der Waals surface area contributed by atoms with E-state index in [2.05, 4.69) is 0 Å². The monoisotopic (exact) mass is 232 g/mol. The summed E-state index contributed by atoms with van der Waals surface area (Å²) in [7, 11) is 7.54. The number of likely N-dealkylation sites (N-methyl/N-ethyl adjacent to an activating group) is 2. The highest BCUT2D eigenvalue weighted by molar-refractivity contribution is 5.76. The predicted molar refractivity (Wildman–Crippen MR) is 59.0 cm³/mol. The molecule has 0 aliphatic rings. The minimum Gasteiger partial charge on any atom is -0.481 e. The van der Waals surface area contributed by atoms with Crippen LogP contribution in [0, 0.1) is 0 Å². The lowest BCUT2D eigenvalue weighted by Gasteiger charge is -2.29. The second-order valence-electron chi connectivity index (χ2n) is 3.98. The second-order valence-corrected chi connectivity index (χ2v) is 3.98. The summed E-state index contributed by atoms with van der Waals surface area (Å²) in [6, 6.07) is 0. The number of esters is 1. The van der Waals surface area contributed by atoms with Crippen molar-refractivity contribution in [3.8, 4) is 0 Å². The van der Waals surface area contributed by atoms with Crippen LogP contribution in [0.25, 0.3) is 0 Å². The maximum Gasteiger partial charge on any atom is 0.306 e. The third-order valence-electron chi connectivity index (χ3n) is 2.13. The van der Waals surface area contributed by atoms with Crippen molar-refractivity contribution in [3.63, 3.8) is 0 Å². The van der Waals surface area contributed by atoms with Gasteiger partial charge in [-0.3, -0.25) is 19.4 Å². The molecule has 94 valence electrons. The quantitative estimate of drug-likeness (QED) is 0.486. The van der Waals surface area contributed by atoms with Gasteiger partial charge in [0.1, 0.15) is 6.61 Å². The number of nitrogens with zero attached hydrogens (tertiary/aromatic N) is 2. The second kappa shape index (κ2) is 7.19. The predicted octanol–water partition coefficient (Wildman–Crippen LogP) is -0.156. The highest BCUT2D eigenvalue weighted by Crippen LogP contribution is 2.00. The van der Waals surface area contributed by atoms with Gasteiger partial charge in [0.2, 0.25) is 0 Å². The molecule has 0 rings (SSSR count). The smallest absolute Gasteiger partial charge is 0.306 e. The van der Waals surface area contributed by atoms with Gasteiger partial charge in [-0.2, -0.15) is 0 Å². The SMILES string of the molecule is CN(C)C(COC(=O)CCC(=O)O)N(C)C. The summed E-state index contributed by atoms with van der Waals surface area (Å²) in [5.41, 5.74) is 0. The molecule has 0 fully saturated rings. The number of hydrogen-bond donors (Lipinski definition) is 1. The fourth-order valence-electron chi connectivity index (χ4n) is 1.21. The molecule has 0 unspecified atom stereocenters. The molecular formula is C10H20N2O4. The van der Waals surface area contributed by atoms with E-state index in [4.69, 9.17) is 9.84 Å². The van der Waals surface area contributed by atoms with Gasteiger partial charge in [-0.15, -0.1) is 0 Å². The first-order valence-corrected chi connectivity index (χ1v) is 5.05. The van der Waals surface area contributed by atoms with Crippen molar-refractivity contribution in [2.24, 2.45) is 0 Å². The average molecular weight is 232 g/mol. The summed E-state index contributed by atoms with van der Waals surface area (Å²) in [4.78, 5) is 25.3. The van der Waals surface area contributed by atoms with Crippen LogP contribution in [0.4, 0.5) is 0 Å². The summed E-state index contributed by atoms with van der Waals surface area (Å²) < 4.78 is 4.99. The summed E-state index contributed by atoms with van der Waals surface area (Å²) in [6.07, 6.45) is -0.273. The topological polar surface area (TPSA) is 70.1 Å². The van der Waals surface area contributed by atoms with Crippen molar-refractivity contribution in [2.75, 3.05) is 34.8 Å². The van der Waals surface area contributed by atoms with Crippen LogP contribution in [0.5, 0.6) is 0 Å². The average Bonchev–Trinajstić information content (AvgIpc) is 2.13. The molecule has 0 spiro atoms. The highest BCUT2D eigenvalue weighted by Gasteiger charge is 2.16. The third kappa shape index (κ3) is 6.36. The molecule has 0 atom stereocenters. The van der Waals surface area contributed by atoms with Crippen LogP contribution in [-0.2, 0) is 14.3 Å². The molecule has 0 amide bonds. The number of rotatable bonds is 7. The van der Waals surface area contributed by atoms with Crippen LogP contribution < -0.4 is 0 Å². The maximum atomic E-state index is 11.2. The van der Waals surface area contributed by atoms with Crippen molar-refractivity contribution in [2.45, 2.75) is 19.0 Å². The first-order valence-electron chi connectivity index (χ1n) is 5.05. The molecular weight excluding hydrogens is 212 g/mol. The van der Waals surface area contributed by atoms with Gasteiger partial charge in [0.15, 0.2) is 0 Å². The molecule has 0 saturated heterocycles. The molecule has 0 radical (unpaired) electrons. The van der Waals surface area contributed by atoms with Crippen molar-refractivity contribution in [1.82, 2.24) is 9.80 Å². The largest absolute Gasteiger partial charge is 0.481 e. The van der Waals surface area contributed by atoms with Gasteiger partial charge in [-0.1, -0.05) is 0 Å². The Morgan fingerprint density at radius 2 is 1.62 bits per heavy atom. The molecule has 0 aromatic carbocycles.